The van der Waals surface area contributed by atoms with Crippen LogP contribution in [-0.2, 0) is 9.53 Å². The van der Waals surface area contributed by atoms with Crippen molar-refractivity contribution in [2.75, 3.05) is 49.0 Å². The summed E-state index contributed by atoms with van der Waals surface area (Å²) in [4.78, 5) is 36.4. The highest BCUT2D eigenvalue weighted by Crippen LogP contribution is 2.40. The first-order valence-electron chi connectivity index (χ1n) is 12.4. The van der Waals surface area contributed by atoms with Crippen LogP contribution in [0.4, 0.5) is 31.9 Å². The third-order valence-corrected chi connectivity index (χ3v) is 7.15. The third kappa shape index (κ3) is 5.02. The molecule has 0 spiro atoms. The van der Waals surface area contributed by atoms with E-state index in [0.29, 0.717) is 30.2 Å². The van der Waals surface area contributed by atoms with Crippen molar-refractivity contribution in [1.29, 1.82) is 0 Å². The molecule has 1 saturated carbocycles. The molecule has 12 heteroatoms. The van der Waals surface area contributed by atoms with Crippen molar-refractivity contribution in [3.63, 3.8) is 0 Å². The number of nitrogens with one attached hydrogen (secondary N) is 2. The second-order valence-corrected chi connectivity index (χ2v) is 9.58. The van der Waals surface area contributed by atoms with Crippen LogP contribution in [0.25, 0.3) is 0 Å². The maximum absolute atomic E-state index is 14.7. The molecule has 2 amide bonds. The van der Waals surface area contributed by atoms with Crippen molar-refractivity contribution in [3.05, 3.63) is 30.0 Å². The van der Waals surface area contributed by atoms with E-state index in [-0.39, 0.29) is 35.4 Å². The standard InChI is InChI=1S/C25H30F2N6O4/c1-32-19-13-28-24(31-21(19)33(17-4-3-5-17)14-25(26,27)23(32)35)30-18-7-6-15(12-20(18)36-2)22(34)29-16-8-10-37-11-9-16/h6-7,12-13,16-17H,3-5,8-11,14H2,1-2H3,(H,29,34)(H,28,30,31). The van der Waals surface area contributed by atoms with Gasteiger partial charge >= 0.3 is 5.92 Å². The van der Waals surface area contributed by atoms with E-state index in [9.17, 15) is 18.4 Å². The Hall–Kier alpha value is -3.54. The number of ether oxygens (including phenoxy) is 2. The maximum Gasteiger partial charge on any atom is 0.342 e. The molecule has 1 saturated heterocycles. The molecular formula is C25H30F2N6O4. The summed E-state index contributed by atoms with van der Waals surface area (Å²) in [7, 11) is 2.79. The summed E-state index contributed by atoms with van der Waals surface area (Å²) in [5.74, 6) is -4.19. The molecule has 0 radical (unpaired) electrons. The third-order valence-electron chi connectivity index (χ3n) is 7.15. The second kappa shape index (κ2) is 10.1. The summed E-state index contributed by atoms with van der Waals surface area (Å²) >= 11 is 0. The van der Waals surface area contributed by atoms with Crippen molar-refractivity contribution in [3.8, 4) is 5.75 Å². The molecular weight excluding hydrogens is 486 g/mol. The number of aromatic nitrogens is 2. The minimum atomic E-state index is -3.54. The van der Waals surface area contributed by atoms with Gasteiger partial charge in [0.2, 0.25) is 5.95 Å². The zero-order valence-electron chi connectivity index (χ0n) is 20.8. The molecule has 0 bridgehead atoms. The lowest BCUT2D eigenvalue weighted by atomic mass is 9.91. The summed E-state index contributed by atoms with van der Waals surface area (Å²) in [6.07, 6.45) is 5.36. The van der Waals surface area contributed by atoms with Crippen LogP contribution in [0.2, 0.25) is 0 Å². The molecule has 1 aromatic carbocycles. The predicted molar refractivity (Wildman–Crippen MR) is 133 cm³/mol. The fourth-order valence-corrected chi connectivity index (χ4v) is 4.75. The number of anilines is 4. The first-order valence-corrected chi connectivity index (χ1v) is 12.4. The van der Waals surface area contributed by atoms with E-state index < -0.39 is 18.4 Å². The van der Waals surface area contributed by atoms with Crippen LogP contribution in [0.3, 0.4) is 0 Å². The van der Waals surface area contributed by atoms with E-state index in [2.05, 4.69) is 20.6 Å². The average molecular weight is 517 g/mol. The SMILES string of the molecule is COc1cc(C(=O)NC2CCOCC2)ccc1Nc1ncc2c(n1)N(C1CCC1)CC(F)(F)C(=O)N2C. The summed E-state index contributed by atoms with van der Waals surface area (Å²) in [6.45, 7) is 0.514. The number of fused-ring (bicyclic) bond motifs is 1. The average Bonchev–Trinajstić information content (AvgIpc) is 2.93. The van der Waals surface area contributed by atoms with Gasteiger partial charge in [-0.25, -0.2) is 4.98 Å². The van der Waals surface area contributed by atoms with Gasteiger partial charge in [0.25, 0.3) is 11.8 Å². The van der Waals surface area contributed by atoms with Gasteiger partial charge in [0.05, 0.1) is 25.5 Å². The van der Waals surface area contributed by atoms with Gasteiger partial charge in [-0.1, -0.05) is 0 Å². The van der Waals surface area contributed by atoms with Crippen LogP contribution >= 0.6 is 0 Å². The van der Waals surface area contributed by atoms with Crippen LogP contribution in [0, 0.1) is 0 Å². The number of halogens is 2. The molecule has 2 aromatic rings. The summed E-state index contributed by atoms with van der Waals surface area (Å²) in [5.41, 5.74) is 1.17. The van der Waals surface area contributed by atoms with Gasteiger partial charge in [-0.3, -0.25) is 9.59 Å². The molecule has 5 rings (SSSR count). The van der Waals surface area contributed by atoms with Crippen molar-refractivity contribution in [2.45, 2.75) is 50.1 Å². The first kappa shape index (κ1) is 25.1. The molecule has 2 N–H and O–H groups in total. The summed E-state index contributed by atoms with van der Waals surface area (Å²) in [5, 5.41) is 6.09. The van der Waals surface area contributed by atoms with E-state index in [1.807, 2.05) is 0 Å². The number of hydrogen-bond donors (Lipinski definition) is 2. The Morgan fingerprint density at radius 3 is 2.65 bits per heavy atom. The van der Waals surface area contributed by atoms with Crippen LogP contribution < -0.4 is 25.2 Å². The lowest BCUT2D eigenvalue weighted by Gasteiger charge is -2.38. The Kier molecular flexibility index (Phi) is 6.84. The molecule has 2 fully saturated rings. The molecule has 1 aromatic heterocycles. The quantitative estimate of drug-likeness (QED) is 0.603. The van der Waals surface area contributed by atoms with E-state index in [0.717, 1.165) is 37.0 Å². The van der Waals surface area contributed by atoms with Crippen molar-refractivity contribution < 1.29 is 27.8 Å². The fraction of sp³-hybridized carbons (Fsp3) is 0.520. The van der Waals surface area contributed by atoms with Crippen molar-refractivity contribution >= 4 is 35.0 Å². The Balaban J connectivity index is 1.40. The van der Waals surface area contributed by atoms with Gasteiger partial charge in [0.15, 0.2) is 5.82 Å². The Morgan fingerprint density at radius 2 is 1.97 bits per heavy atom. The van der Waals surface area contributed by atoms with Gasteiger partial charge in [-0.2, -0.15) is 13.8 Å². The lowest BCUT2D eigenvalue weighted by molar-refractivity contribution is -0.140. The number of nitrogens with zero attached hydrogens (tertiary/aromatic N) is 4. The predicted octanol–water partition coefficient (Wildman–Crippen LogP) is 3.11. The number of alkyl halides is 2. The smallest absolute Gasteiger partial charge is 0.342 e. The first-order chi connectivity index (χ1) is 17.8. The van der Waals surface area contributed by atoms with Gasteiger partial charge in [0.1, 0.15) is 11.4 Å². The normalized spacial score (nSPS) is 20.1. The molecule has 37 heavy (non-hydrogen) atoms. The minimum absolute atomic E-state index is 0.0639. The highest BCUT2D eigenvalue weighted by Gasteiger charge is 2.49. The Morgan fingerprint density at radius 1 is 1.22 bits per heavy atom. The van der Waals surface area contributed by atoms with Gasteiger partial charge < -0.3 is 29.9 Å². The summed E-state index contributed by atoms with van der Waals surface area (Å²) < 4.78 is 40.2. The van der Waals surface area contributed by atoms with Crippen LogP contribution in [-0.4, -0.2) is 73.7 Å². The largest absolute Gasteiger partial charge is 0.495 e. The van der Waals surface area contributed by atoms with E-state index in [1.54, 1.807) is 18.2 Å². The van der Waals surface area contributed by atoms with Crippen LogP contribution in [0.1, 0.15) is 42.5 Å². The molecule has 3 aliphatic rings. The van der Waals surface area contributed by atoms with Gasteiger partial charge in [0, 0.05) is 37.9 Å². The van der Waals surface area contributed by atoms with E-state index in [1.165, 1.54) is 25.3 Å². The highest BCUT2D eigenvalue weighted by atomic mass is 19.3. The number of carbonyl (C=O) groups excluding carboxylic acids is 2. The highest BCUT2D eigenvalue weighted by molar-refractivity contribution is 6.02. The summed E-state index contributed by atoms with van der Waals surface area (Å²) in [6, 6.07) is 4.91. The number of hydrogen-bond acceptors (Lipinski definition) is 8. The van der Waals surface area contributed by atoms with Gasteiger partial charge in [-0.15, -0.1) is 0 Å². The molecule has 198 valence electrons. The minimum Gasteiger partial charge on any atom is -0.495 e. The molecule has 0 unspecified atom stereocenters. The van der Waals surface area contributed by atoms with Crippen LogP contribution in [0.5, 0.6) is 5.75 Å². The number of rotatable bonds is 6. The monoisotopic (exact) mass is 516 g/mol. The van der Waals surface area contributed by atoms with Crippen LogP contribution in [0.15, 0.2) is 24.4 Å². The molecule has 10 nitrogen and oxygen atoms in total. The van der Waals surface area contributed by atoms with Gasteiger partial charge in [-0.05, 0) is 50.3 Å². The fourth-order valence-electron chi connectivity index (χ4n) is 4.75. The Bertz CT molecular complexity index is 1190. The topological polar surface area (TPSA) is 109 Å². The number of methoxy groups -OCH3 is 1. The van der Waals surface area contributed by atoms with Crippen molar-refractivity contribution in [1.82, 2.24) is 15.3 Å². The van der Waals surface area contributed by atoms with E-state index in [4.69, 9.17) is 9.47 Å². The van der Waals surface area contributed by atoms with E-state index >= 15 is 0 Å². The molecule has 2 aliphatic heterocycles. The zero-order valence-corrected chi connectivity index (χ0v) is 20.8. The molecule has 0 atom stereocenters. The zero-order chi connectivity index (χ0) is 26.2. The number of benzene rings is 1. The lowest BCUT2D eigenvalue weighted by Crippen LogP contribution is -2.50. The van der Waals surface area contributed by atoms with Crippen molar-refractivity contribution in [2.24, 2.45) is 0 Å². The Labute approximate surface area is 213 Å². The molecule has 1 aliphatic carbocycles. The molecule has 3 heterocycles. The second-order valence-electron chi connectivity index (χ2n) is 9.58. The number of amides is 2. The number of carbonyl (C=O) groups is 2. The maximum atomic E-state index is 14.7.